The molecule has 1 aliphatic heterocycles. The third kappa shape index (κ3) is 2.70. The lowest BCUT2D eigenvalue weighted by atomic mass is 10.0. The van der Waals surface area contributed by atoms with Gasteiger partial charge in [-0.05, 0) is 43.9 Å². The van der Waals surface area contributed by atoms with Crippen molar-refractivity contribution < 1.29 is 4.79 Å². The minimum absolute atomic E-state index is 0.0320. The van der Waals surface area contributed by atoms with Crippen LogP contribution in [0, 0.1) is 6.92 Å². The van der Waals surface area contributed by atoms with Crippen molar-refractivity contribution in [1.82, 2.24) is 15.3 Å². The van der Waals surface area contributed by atoms with Gasteiger partial charge in [-0.1, -0.05) is 0 Å². The van der Waals surface area contributed by atoms with Crippen LogP contribution in [0.5, 0.6) is 0 Å². The van der Waals surface area contributed by atoms with Gasteiger partial charge >= 0.3 is 0 Å². The molecule has 3 heterocycles. The first kappa shape index (κ1) is 14.5. The van der Waals surface area contributed by atoms with Crippen molar-refractivity contribution in [2.75, 3.05) is 18.5 Å². The van der Waals surface area contributed by atoms with Crippen molar-refractivity contribution in [1.29, 1.82) is 0 Å². The Morgan fingerprint density at radius 3 is 3.05 bits per heavy atom. The molecule has 5 nitrogen and oxygen atoms in total. The van der Waals surface area contributed by atoms with Crippen molar-refractivity contribution in [3.05, 3.63) is 16.2 Å². The minimum Gasteiger partial charge on any atom is -0.357 e. The zero-order valence-corrected chi connectivity index (χ0v) is 13.6. The zero-order valence-electron chi connectivity index (χ0n) is 12.0. The summed E-state index contributed by atoms with van der Waals surface area (Å²) in [4.78, 5) is 25.0. The maximum atomic E-state index is 12.2. The molecule has 112 valence electrons. The van der Waals surface area contributed by atoms with E-state index in [1.165, 1.54) is 0 Å². The number of nitrogens with zero attached hydrogens (tertiary/aromatic N) is 3. The molecule has 1 N–H and O–H groups in total. The number of amides is 1. The molecule has 7 heteroatoms. The summed E-state index contributed by atoms with van der Waals surface area (Å²) in [5, 5.41) is 3.97. The molecule has 0 spiro atoms. The molecule has 0 aromatic carbocycles. The Morgan fingerprint density at radius 2 is 2.29 bits per heavy atom. The van der Waals surface area contributed by atoms with Gasteiger partial charge < -0.3 is 10.2 Å². The highest BCUT2D eigenvalue weighted by atomic mass is 35.5. The van der Waals surface area contributed by atoms with Gasteiger partial charge in [0.15, 0.2) is 0 Å². The fourth-order valence-corrected chi connectivity index (χ4v) is 3.93. The average molecular weight is 325 g/mol. The van der Waals surface area contributed by atoms with E-state index in [9.17, 15) is 4.79 Å². The lowest BCUT2D eigenvalue weighted by molar-refractivity contribution is -0.122. The van der Waals surface area contributed by atoms with Crippen LogP contribution in [0.1, 0.15) is 24.1 Å². The van der Waals surface area contributed by atoms with Gasteiger partial charge in [-0.25, -0.2) is 4.98 Å². The van der Waals surface area contributed by atoms with Gasteiger partial charge in [0.1, 0.15) is 16.7 Å². The summed E-state index contributed by atoms with van der Waals surface area (Å²) in [6.07, 6.45) is 2.95. The maximum Gasteiger partial charge on any atom is 0.242 e. The maximum absolute atomic E-state index is 12.2. The van der Waals surface area contributed by atoms with Gasteiger partial charge in [0, 0.05) is 18.5 Å². The number of nitrogens with one attached hydrogen (secondary N) is 1. The molecule has 1 aliphatic rings. The Morgan fingerprint density at radius 1 is 1.48 bits per heavy atom. The van der Waals surface area contributed by atoms with Crippen LogP contribution < -0.4 is 10.2 Å². The average Bonchev–Trinajstić information content (AvgIpc) is 2.85. The van der Waals surface area contributed by atoms with Gasteiger partial charge in [0.25, 0.3) is 0 Å². The molecule has 2 aromatic heterocycles. The van der Waals surface area contributed by atoms with Crippen molar-refractivity contribution in [3.8, 4) is 0 Å². The van der Waals surface area contributed by atoms with Crippen LogP contribution in [0.25, 0.3) is 10.2 Å². The number of piperidine rings is 1. The van der Waals surface area contributed by atoms with E-state index >= 15 is 0 Å². The largest absolute Gasteiger partial charge is 0.357 e. The topological polar surface area (TPSA) is 58.1 Å². The number of halogens is 1. The molecule has 1 unspecified atom stereocenters. The summed E-state index contributed by atoms with van der Waals surface area (Å²) in [7, 11) is 1.67. The number of fused-ring (bicyclic) bond motifs is 1. The predicted octanol–water partition coefficient (Wildman–Crippen LogP) is 2.76. The molecule has 1 fully saturated rings. The van der Waals surface area contributed by atoms with Crippen molar-refractivity contribution in [3.63, 3.8) is 0 Å². The smallest absolute Gasteiger partial charge is 0.242 e. The number of anilines is 1. The molecule has 1 saturated heterocycles. The Balaban J connectivity index is 2.10. The van der Waals surface area contributed by atoms with Crippen molar-refractivity contribution in [2.24, 2.45) is 0 Å². The quantitative estimate of drug-likeness (QED) is 0.863. The standard InChI is InChI=1S/C14H17ClN4OS/c1-8-7-9-11(17-14(15)18-13(9)21-8)19-6-4-3-5-10(19)12(20)16-2/h7,10H,3-6H2,1-2H3,(H,16,20). The Bertz CT molecular complexity index is 687. The molecular formula is C14H17ClN4OS. The highest BCUT2D eigenvalue weighted by molar-refractivity contribution is 7.18. The van der Waals surface area contributed by atoms with Gasteiger partial charge in [0.05, 0.1) is 5.39 Å². The van der Waals surface area contributed by atoms with Crippen molar-refractivity contribution >= 4 is 44.9 Å². The third-order valence-electron chi connectivity index (χ3n) is 3.79. The van der Waals surface area contributed by atoms with Gasteiger partial charge in [-0.2, -0.15) is 4.98 Å². The fraction of sp³-hybridized carbons (Fsp3) is 0.500. The fourth-order valence-electron chi connectivity index (χ4n) is 2.84. The summed E-state index contributed by atoms with van der Waals surface area (Å²) in [6.45, 7) is 2.85. The predicted molar refractivity (Wildman–Crippen MR) is 86.2 cm³/mol. The summed E-state index contributed by atoms with van der Waals surface area (Å²) in [5.41, 5.74) is 0. The summed E-state index contributed by atoms with van der Waals surface area (Å²) in [6, 6.07) is 1.89. The van der Waals surface area contributed by atoms with Crippen LogP contribution in [0.3, 0.4) is 0 Å². The second kappa shape index (κ2) is 5.77. The number of aryl methyl sites for hydroxylation is 1. The molecule has 0 aliphatic carbocycles. The number of thiophene rings is 1. The number of aromatic nitrogens is 2. The summed E-state index contributed by atoms with van der Waals surface area (Å²) < 4.78 is 0. The first-order chi connectivity index (χ1) is 10.1. The van der Waals surface area contributed by atoms with E-state index in [4.69, 9.17) is 11.6 Å². The molecule has 2 aromatic rings. The Kier molecular flexibility index (Phi) is 3.99. The number of likely N-dealkylation sites (N-methyl/N-ethyl adjacent to an activating group) is 1. The van der Waals surface area contributed by atoms with Crippen LogP contribution in [-0.4, -0.2) is 35.5 Å². The highest BCUT2D eigenvalue weighted by Gasteiger charge is 2.30. The molecule has 0 saturated carbocycles. The molecular weight excluding hydrogens is 308 g/mol. The Labute approximate surface area is 132 Å². The van der Waals surface area contributed by atoms with Crippen LogP contribution in [-0.2, 0) is 4.79 Å². The summed E-state index contributed by atoms with van der Waals surface area (Å²) >= 11 is 7.67. The SMILES string of the molecule is CNC(=O)C1CCCCN1c1nc(Cl)nc2sc(C)cc12. The lowest BCUT2D eigenvalue weighted by Gasteiger charge is -2.35. The number of rotatable bonds is 2. The third-order valence-corrected chi connectivity index (χ3v) is 4.91. The molecule has 21 heavy (non-hydrogen) atoms. The lowest BCUT2D eigenvalue weighted by Crippen LogP contribution is -2.49. The monoisotopic (exact) mass is 324 g/mol. The number of carbonyl (C=O) groups excluding carboxylic acids is 1. The molecule has 0 radical (unpaired) electrons. The zero-order chi connectivity index (χ0) is 15.0. The molecule has 1 amide bonds. The van der Waals surface area contributed by atoms with Crippen LogP contribution in [0.15, 0.2) is 6.07 Å². The molecule has 1 atom stereocenters. The van der Waals surface area contributed by atoms with Crippen LogP contribution in [0.2, 0.25) is 5.28 Å². The molecule has 3 rings (SSSR count). The van der Waals surface area contributed by atoms with Gasteiger partial charge in [-0.15, -0.1) is 11.3 Å². The van der Waals surface area contributed by atoms with Gasteiger partial charge in [0.2, 0.25) is 11.2 Å². The number of carbonyl (C=O) groups is 1. The minimum atomic E-state index is -0.182. The second-order valence-electron chi connectivity index (χ2n) is 5.21. The van der Waals surface area contributed by atoms with E-state index in [1.54, 1.807) is 18.4 Å². The summed E-state index contributed by atoms with van der Waals surface area (Å²) in [5.74, 6) is 0.812. The van der Waals surface area contributed by atoms with E-state index in [0.717, 1.165) is 46.7 Å². The van der Waals surface area contributed by atoms with Gasteiger partial charge in [-0.3, -0.25) is 4.79 Å². The van der Waals surface area contributed by atoms with Crippen molar-refractivity contribution in [2.45, 2.75) is 32.2 Å². The van der Waals surface area contributed by atoms with E-state index in [0.29, 0.717) is 0 Å². The van der Waals surface area contributed by atoms with E-state index in [-0.39, 0.29) is 17.2 Å². The molecule has 0 bridgehead atoms. The van der Waals surface area contributed by atoms with E-state index < -0.39 is 0 Å². The second-order valence-corrected chi connectivity index (χ2v) is 6.78. The van der Waals surface area contributed by atoms with E-state index in [1.807, 2.05) is 6.92 Å². The highest BCUT2D eigenvalue weighted by Crippen LogP contribution is 2.34. The Hall–Kier alpha value is -1.40. The number of hydrogen-bond donors (Lipinski definition) is 1. The first-order valence-electron chi connectivity index (χ1n) is 7.02. The van der Waals surface area contributed by atoms with Crippen LogP contribution in [0.4, 0.5) is 5.82 Å². The number of hydrogen-bond acceptors (Lipinski definition) is 5. The van der Waals surface area contributed by atoms with Crippen LogP contribution >= 0.6 is 22.9 Å². The first-order valence-corrected chi connectivity index (χ1v) is 8.21. The van der Waals surface area contributed by atoms with E-state index in [2.05, 4.69) is 26.3 Å². The normalized spacial score (nSPS) is 19.0.